The van der Waals surface area contributed by atoms with Crippen LogP contribution in [0.1, 0.15) is 5.56 Å². The number of halogens is 2. The van der Waals surface area contributed by atoms with E-state index in [9.17, 15) is 8.78 Å². The van der Waals surface area contributed by atoms with E-state index in [0.29, 0.717) is 28.9 Å². The normalized spacial score (nSPS) is 10.6. The second-order valence-electron chi connectivity index (χ2n) is 5.53. The molecule has 0 saturated heterocycles. The lowest BCUT2D eigenvalue weighted by molar-refractivity contribution is 0.354. The van der Waals surface area contributed by atoms with Gasteiger partial charge in [0.1, 0.15) is 11.6 Å². The van der Waals surface area contributed by atoms with Crippen molar-refractivity contribution in [1.29, 1.82) is 0 Å². The Morgan fingerprint density at radius 1 is 1.04 bits per heavy atom. The van der Waals surface area contributed by atoms with Gasteiger partial charge >= 0.3 is 0 Å². The summed E-state index contributed by atoms with van der Waals surface area (Å²) < 4.78 is 37.4. The van der Waals surface area contributed by atoms with E-state index in [1.165, 1.54) is 23.5 Å². The molecule has 26 heavy (non-hydrogen) atoms. The van der Waals surface area contributed by atoms with Gasteiger partial charge < -0.3 is 14.8 Å². The lowest BCUT2D eigenvalue weighted by atomic mass is 10.1. The number of anilines is 1. The van der Waals surface area contributed by atoms with Crippen LogP contribution in [0.2, 0.25) is 0 Å². The van der Waals surface area contributed by atoms with Crippen molar-refractivity contribution in [1.82, 2.24) is 4.98 Å². The quantitative estimate of drug-likeness (QED) is 0.646. The molecule has 0 aliphatic rings. The molecule has 7 heteroatoms. The third-order valence-electron chi connectivity index (χ3n) is 3.85. The summed E-state index contributed by atoms with van der Waals surface area (Å²) in [5.41, 5.74) is 1.87. The molecule has 0 atom stereocenters. The SMILES string of the molecule is COc1ccc(CCNc2nc(-c3ccc(F)cc3F)cs2)cc1OC. The molecule has 4 nitrogen and oxygen atoms in total. The molecular weight excluding hydrogens is 358 g/mol. The van der Waals surface area contributed by atoms with Gasteiger partial charge in [-0.3, -0.25) is 0 Å². The minimum Gasteiger partial charge on any atom is -0.493 e. The molecule has 0 aliphatic carbocycles. The van der Waals surface area contributed by atoms with Gasteiger partial charge in [0.15, 0.2) is 16.6 Å². The first kappa shape index (κ1) is 18.1. The van der Waals surface area contributed by atoms with Gasteiger partial charge in [-0.2, -0.15) is 0 Å². The highest BCUT2D eigenvalue weighted by Crippen LogP contribution is 2.29. The number of nitrogens with one attached hydrogen (secondary N) is 1. The lowest BCUT2D eigenvalue weighted by Gasteiger charge is -2.09. The van der Waals surface area contributed by atoms with Crippen molar-refractivity contribution in [3.8, 4) is 22.8 Å². The fourth-order valence-corrected chi connectivity index (χ4v) is 3.27. The van der Waals surface area contributed by atoms with Gasteiger partial charge in [-0.15, -0.1) is 11.3 Å². The van der Waals surface area contributed by atoms with Crippen molar-refractivity contribution >= 4 is 16.5 Å². The number of nitrogens with zero attached hydrogens (tertiary/aromatic N) is 1. The van der Waals surface area contributed by atoms with E-state index in [4.69, 9.17) is 9.47 Å². The number of thiazole rings is 1. The van der Waals surface area contributed by atoms with Gasteiger partial charge in [-0.25, -0.2) is 13.8 Å². The number of hydrogen-bond donors (Lipinski definition) is 1. The fourth-order valence-electron chi connectivity index (χ4n) is 2.53. The summed E-state index contributed by atoms with van der Waals surface area (Å²) in [4.78, 5) is 4.36. The summed E-state index contributed by atoms with van der Waals surface area (Å²) in [6.45, 7) is 0.661. The summed E-state index contributed by atoms with van der Waals surface area (Å²) in [6, 6.07) is 9.26. The molecule has 0 bridgehead atoms. The number of aromatic nitrogens is 1. The zero-order valence-electron chi connectivity index (χ0n) is 14.4. The average molecular weight is 376 g/mol. The lowest BCUT2D eigenvalue weighted by Crippen LogP contribution is -2.05. The first-order valence-corrected chi connectivity index (χ1v) is 8.84. The van der Waals surface area contributed by atoms with Crippen molar-refractivity contribution < 1.29 is 18.3 Å². The highest BCUT2D eigenvalue weighted by atomic mass is 32.1. The smallest absolute Gasteiger partial charge is 0.183 e. The molecule has 1 heterocycles. The summed E-state index contributed by atoms with van der Waals surface area (Å²) in [7, 11) is 3.20. The van der Waals surface area contributed by atoms with E-state index in [-0.39, 0.29) is 5.56 Å². The molecule has 136 valence electrons. The number of rotatable bonds is 7. The first-order chi connectivity index (χ1) is 12.6. The molecule has 0 amide bonds. The van der Waals surface area contributed by atoms with Crippen LogP contribution in [0.25, 0.3) is 11.3 Å². The maximum absolute atomic E-state index is 13.8. The molecule has 1 aromatic heterocycles. The van der Waals surface area contributed by atoms with Crippen molar-refractivity contribution in [2.45, 2.75) is 6.42 Å². The van der Waals surface area contributed by atoms with Crippen molar-refractivity contribution in [2.24, 2.45) is 0 Å². The third-order valence-corrected chi connectivity index (χ3v) is 4.65. The Morgan fingerprint density at radius 2 is 1.85 bits per heavy atom. The Bertz CT molecular complexity index is 899. The predicted octanol–water partition coefficient (Wildman–Crippen LogP) is 4.76. The van der Waals surface area contributed by atoms with Crippen molar-refractivity contribution in [3.05, 3.63) is 59.0 Å². The minimum absolute atomic E-state index is 0.288. The Hall–Kier alpha value is -2.67. The molecule has 0 unspecified atom stereocenters. The molecule has 1 N–H and O–H groups in total. The van der Waals surface area contributed by atoms with Crippen molar-refractivity contribution in [2.75, 3.05) is 26.1 Å². The highest BCUT2D eigenvalue weighted by molar-refractivity contribution is 7.14. The number of hydrogen-bond acceptors (Lipinski definition) is 5. The molecule has 0 saturated carbocycles. The van der Waals surface area contributed by atoms with Crippen LogP contribution >= 0.6 is 11.3 Å². The van der Waals surface area contributed by atoms with E-state index in [1.54, 1.807) is 19.6 Å². The Labute approximate surface area is 154 Å². The van der Waals surface area contributed by atoms with Crippen molar-refractivity contribution in [3.63, 3.8) is 0 Å². The Kier molecular flexibility index (Phi) is 5.68. The fraction of sp³-hybridized carbons (Fsp3) is 0.211. The summed E-state index contributed by atoms with van der Waals surface area (Å²) >= 11 is 1.38. The topological polar surface area (TPSA) is 43.4 Å². The average Bonchev–Trinajstić information content (AvgIpc) is 3.10. The molecule has 3 aromatic rings. The number of methoxy groups -OCH3 is 2. The van der Waals surface area contributed by atoms with Gasteiger partial charge in [0.2, 0.25) is 0 Å². The van der Waals surface area contributed by atoms with Gasteiger partial charge in [-0.1, -0.05) is 6.07 Å². The van der Waals surface area contributed by atoms with Crippen LogP contribution in [0.3, 0.4) is 0 Å². The van der Waals surface area contributed by atoms with Gasteiger partial charge in [0.05, 0.1) is 19.9 Å². The monoisotopic (exact) mass is 376 g/mol. The van der Waals surface area contributed by atoms with Crippen LogP contribution in [-0.4, -0.2) is 25.7 Å². The van der Waals surface area contributed by atoms with Crippen LogP contribution in [0.4, 0.5) is 13.9 Å². The zero-order valence-corrected chi connectivity index (χ0v) is 15.2. The van der Waals surface area contributed by atoms with Gasteiger partial charge in [0, 0.05) is 23.6 Å². The predicted molar refractivity (Wildman–Crippen MR) is 99.2 cm³/mol. The maximum Gasteiger partial charge on any atom is 0.183 e. The first-order valence-electron chi connectivity index (χ1n) is 7.96. The van der Waals surface area contributed by atoms with Crippen LogP contribution in [0, 0.1) is 11.6 Å². The molecule has 2 aromatic carbocycles. The van der Waals surface area contributed by atoms with E-state index in [2.05, 4.69) is 10.3 Å². The Balaban J connectivity index is 1.62. The summed E-state index contributed by atoms with van der Waals surface area (Å²) in [5, 5.41) is 5.65. The van der Waals surface area contributed by atoms with Crippen LogP contribution < -0.4 is 14.8 Å². The second kappa shape index (κ2) is 8.14. The minimum atomic E-state index is -0.618. The molecule has 0 aliphatic heterocycles. The van der Waals surface area contributed by atoms with Gasteiger partial charge in [-0.05, 0) is 36.2 Å². The molecule has 0 spiro atoms. The molecule has 0 fully saturated rings. The molecule has 3 rings (SSSR count). The number of ether oxygens (including phenoxy) is 2. The standard InChI is InChI=1S/C19H18F2N2O2S/c1-24-17-6-3-12(9-18(17)25-2)7-8-22-19-23-16(11-26-19)14-5-4-13(20)10-15(14)21/h3-6,9-11H,7-8H2,1-2H3,(H,22,23). The number of benzene rings is 2. The Morgan fingerprint density at radius 3 is 2.58 bits per heavy atom. The largest absolute Gasteiger partial charge is 0.493 e. The van der Waals surface area contributed by atoms with Crippen LogP contribution in [0.15, 0.2) is 41.8 Å². The third kappa shape index (κ3) is 4.11. The summed E-state index contributed by atoms with van der Waals surface area (Å²) in [5.74, 6) is 0.158. The van der Waals surface area contributed by atoms with E-state index in [1.807, 2.05) is 18.2 Å². The summed E-state index contributed by atoms with van der Waals surface area (Å²) in [6.07, 6.45) is 0.764. The molecule has 0 radical (unpaired) electrons. The van der Waals surface area contributed by atoms with Crippen LogP contribution in [-0.2, 0) is 6.42 Å². The molecular formula is C19H18F2N2O2S. The van der Waals surface area contributed by atoms with E-state index >= 15 is 0 Å². The van der Waals surface area contributed by atoms with Gasteiger partial charge in [0.25, 0.3) is 0 Å². The van der Waals surface area contributed by atoms with E-state index in [0.717, 1.165) is 18.1 Å². The zero-order chi connectivity index (χ0) is 18.5. The second-order valence-corrected chi connectivity index (χ2v) is 6.39. The van der Waals surface area contributed by atoms with E-state index < -0.39 is 11.6 Å². The van der Waals surface area contributed by atoms with Crippen LogP contribution in [0.5, 0.6) is 11.5 Å². The maximum atomic E-state index is 13.8. The highest BCUT2D eigenvalue weighted by Gasteiger charge is 2.10.